The minimum absolute atomic E-state index is 0.0593. The third-order valence-electron chi connectivity index (χ3n) is 5.15. The van der Waals surface area contributed by atoms with Gasteiger partial charge in [-0.25, -0.2) is 14.1 Å². The molecule has 1 fully saturated rings. The van der Waals surface area contributed by atoms with Gasteiger partial charge in [0.2, 0.25) is 0 Å². The van der Waals surface area contributed by atoms with Crippen molar-refractivity contribution in [1.82, 2.24) is 5.32 Å². The summed E-state index contributed by atoms with van der Waals surface area (Å²) in [5.41, 5.74) is 0.802. The molecule has 0 atom stereocenters. The number of amides is 4. The number of carbonyl (C=O) groups excluding carboxylic acids is 3. The topological polar surface area (TPSA) is 110 Å². The van der Waals surface area contributed by atoms with Gasteiger partial charge >= 0.3 is 6.03 Å². The summed E-state index contributed by atoms with van der Waals surface area (Å²) in [6, 6.07) is 15.3. The Morgan fingerprint density at radius 3 is 2.50 bits per heavy atom. The predicted octanol–water partition coefficient (Wildman–Crippen LogP) is 4.75. The zero-order chi connectivity index (χ0) is 24.4. The first kappa shape index (κ1) is 23.0. The molecule has 1 N–H and O–H groups in total. The maximum atomic E-state index is 14.2. The number of anilines is 1. The van der Waals surface area contributed by atoms with E-state index in [1.54, 1.807) is 36.4 Å². The van der Waals surface area contributed by atoms with Gasteiger partial charge in [-0.1, -0.05) is 46.3 Å². The highest BCUT2D eigenvalue weighted by Gasteiger charge is 2.37. The first-order valence-electron chi connectivity index (χ1n) is 9.92. The minimum atomic E-state index is -1.02. The standard InChI is InChI=1S/C24H15BrFN3O5/c25-17-9-8-14(10-15-4-1-2-7-21(15)26)16(11-17)12-20-22(30)27-24(32)28(23(20)31)18-5-3-6-19(13-18)29(33)34/h1-9,11-13H,10H2,(H,27,30,32)/b20-12+. The molecule has 0 aromatic heterocycles. The summed E-state index contributed by atoms with van der Waals surface area (Å²) in [7, 11) is 0. The van der Waals surface area contributed by atoms with Crippen LogP contribution in [0.4, 0.5) is 20.6 Å². The van der Waals surface area contributed by atoms with Gasteiger partial charge in [-0.15, -0.1) is 0 Å². The van der Waals surface area contributed by atoms with Crippen LogP contribution in [0.15, 0.2) is 76.8 Å². The second-order valence-corrected chi connectivity index (χ2v) is 8.26. The lowest BCUT2D eigenvalue weighted by Gasteiger charge is -2.26. The number of benzene rings is 3. The first-order chi connectivity index (χ1) is 16.2. The molecule has 3 aromatic rings. The van der Waals surface area contributed by atoms with Gasteiger partial charge in [-0.2, -0.15) is 0 Å². The molecular formula is C24H15BrFN3O5. The Balaban J connectivity index is 1.76. The number of nitrogens with one attached hydrogen (secondary N) is 1. The number of rotatable bonds is 5. The molecule has 1 saturated heterocycles. The lowest BCUT2D eigenvalue weighted by Crippen LogP contribution is -2.54. The molecule has 8 nitrogen and oxygen atoms in total. The van der Waals surface area contributed by atoms with Crippen molar-refractivity contribution >= 4 is 51.2 Å². The van der Waals surface area contributed by atoms with Crippen LogP contribution in [0.5, 0.6) is 0 Å². The van der Waals surface area contributed by atoms with Gasteiger partial charge in [0.15, 0.2) is 0 Å². The average molecular weight is 524 g/mol. The predicted molar refractivity (Wildman–Crippen MR) is 125 cm³/mol. The number of urea groups is 1. The molecule has 1 aliphatic heterocycles. The number of carbonyl (C=O) groups is 3. The number of nitro groups is 1. The second-order valence-electron chi connectivity index (χ2n) is 7.35. The lowest BCUT2D eigenvalue weighted by atomic mass is 9.97. The van der Waals surface area contributed by atoms with Gasteiger partial charge in [-0.05, 0) is 47.0 Å². The van der Waals surface area contributed by atoms with E-state index in [1.807, 2.05) is 0 Å². The van der Waals surface area contributed by atoms with Gasteiger partial charge in [0, 0.05) is 23.0 Å². The Bertz CT molecular complexity index is 1390. The quantitative estimate of drug-likeness (QED) is 0.224. The summed E-state index contributed by atoms with van der Waals surface area (Å²) >= 11 is 3.35. The van der Waals surface area contributed by atoms with E-state index in [0.29, 0.717) is 26.1 Å². The summed E-state index contributed by atoms with van der Waals surface area (Å²) < 4.78 is 14.9. The summed E-state index contributed by atoms with van der Waals surface area (Å²) in [5, 5.41) is 13.2. The van der Waals surface area contributed by atoms with Crippen LogP contribution >= 0.6 is 15.9 Å². The molecule has 0 saturated carbocycles. The number of nitrogens with zero attached hydrogens (tertiary/aromatic N) is 2. The van der Waals surface area contributed by atoms with Crippen LogP contribution in [-0.4, -0.2) is 22.8 Å². The molecule has 0 bridgehead atoms. The van der Waals surface area contributed by atoms with Crippen LogP contribution in [0.3, 0.4) is 0 Å². The SMILES string of the molecule is O=C1NC(=O)N(c2cccc([N+](=O)[O-])c2)C(=O)/C1=C/c1cc(Br)ccc1Cc1ccccc1F. The van der Waals surface area contributed by atoms with Crippen molar-refractivity contribution in [2.24, 2.45) is 0 Å². The minimum Gasteiger partial charge on any atom is -0.273 e. The zero-order valence-corrected chi connectivity index (χ0v) is 18.9. The third kappa shape index (κ3) is 4.62. The first-order valence-corrected chi connectivity index (χ1v) is 10.7. The number of hydrogen-bond donors (Lipinski definition) is 1. The van der Waals surface area contributed by atoms with E-state index in [9.17, 15) is 28.9 Å². The van der Waals surface area contributed by atoms with Gasteiger partial charge in [0.25, 0.3) is 17.5 Å². The van der Waals surface area contributed by atoms with E-state index >= 15 is 0 Å². The largest absolute Gasteiger partial charge is 0.335 e. The molecule has 0 spiro atoms. The van der Waals surface area contributed by atoms with Crippen molar-refractivity contribution in [2.75, 3.05) is 4.90 Å². The Morgan fingerprint density at radius 2 is 1.76 bits per heavy atom. The molecule has 10 heteroatoms. The summed E-state index contributed by atoms with van der Waals surface area (Å²) in [4.78, 5) is 49.3. The van der Waals surface area contributed by atoms with Crippen molar-refractivity contribution in [2.45, 2.75) is 6.42 Å². The maximum absolute atomic E-state index is 14.2. The van der Waals surface area contributed by atoms with Crippen molar-refractivity contribution in [1.29, 1.82) is 0 Å². The van der Waals surface area contributed by atoms with Crippen LogP contribution in [0.2, 0.25) is 0 Å². The lowest BCUT2D eigenvalue weighted by molar-refractivity contribution is -0.384. The van der Waals surface area contributed by atoms with Gasteiger partial charge in [0.05, 0.1) is 10.6 Å². The van der Waals surface area contributed by atoms with E-state index in [-0.39, 0.29) is 23.4 Å². The van der Waals surface area contributed by atoms with E-state index < -0.39 is 28.6 Å². The Labute approximate surface area is 201 Å². The Kier molecular flexibility index (Phi) is 6.33. The fourth-order valence-corrected chi connectivity index (χ4v) is 3.88. The molecule has 0 unspecified atom stereocenters. The van der Waals surface area contributed by atoms with Crippen LogP contribution in [0.25, 0.3) is 6.08 Å². The van der Waals surface area contributed by atoms with Crippen molar-refractivity contribution < 1.29 is 23.7 Å². The van der Waals surface area contributed by atoms with Gasteiger partial charge in [0.1, 0.15) is 11.4 Å². The molecular weight excluding hydrogens is 509 g/mol. The van der Waals surface area contributed by atoms with E-state index in [1.165, 1.54) is 30.3 Å². The Hall–Kier alpha value is -4.18. The number of non-ortho nitro benzene ring substituents is 1. The molecule has 0 radical (unpaired) electrons. The molecule has 1 aliphatic rings. The smallest absolute Gasteiger partial charge is 0.273 e. The molecule has 34 heavy (non-hydrogen) atoms. The molecule has 4 amide bonds. The average Bonchev–Trinajstić information content (AvgIpc) is 2.79. The van der Waals surface area contributed by atoms with Crippen LogP contribution in [0, 0.1) is 15.9 Å². The Morgan fingerprint density at radius 1 is 1.00 bits per heavy atom. The van der Waals surface area contributed by atoms with Crippen molar-refractivity contribution in [3.63, 3.8) is 0 Å². The number of halogens is 2. The summed E-state index contributed by atoms with van der Waals surface area (Å²) in [6.07, 6.45) is 1.51. The molecule has 1 heterocycles. The van der Waals surface area contributed by atoms with E-state index in [4.69, 9.17) is 0 Å². The molecule has 170 valence electrons. The van der Waals surface area contributed by atoms with E-state index in [0.717, 1.165) is 6.07 Å². The summed E-state index contributed by atoms with van der Waals surface area (Å²) in [5.74, 6) is -2.24. The van der Waals surface area contributed by atoms with Gasteiger partial charge in [-0.3, -0.25) is 25.0 Å². The van der Waals surface area contributed by atoms with E-state index in [2.05, 4.69) is 21.2 Å². The number of nitro benzene ring substituents is 1. The zero-order valence-electron chi connectivity index (χ0n) is 17.3. The highest BCUT2D eigenvalue weighted by atomic mass is 79.9. The summed E-state index contributed by atoms with van der Waals surface area (Å²) in [6.45, 7) is 0. The molecule has 4 rings (SSSR count). The van der Waals surface area contributed by atoms with Crippen LogP contribution in [-0.2, 0) is 16.0 Å². The maximum Gasteiger partial charge on any atom is 0.335 e. The van der Waals surface area contributed by atoms with Crippen molar-refractivity contribution in [3.8, 4) is 0 Å². The molecule has 0 aliphatic carbocycles. The number of barbiturate groups is 1. The second kappa shape index (κ2) is 9.36. The van der Waals surface area contributed by atoms with Crippen LogP contribution in [0.1, 0.15) is 16.7 Å². The number of hydrogen-bond acceptors (Lipinski definition) is 5. The third-order valence-corrected chi connectivity index (χ3v) is 5.64. The highest BCUT2D eigenvalue weighted by molar-refractivity contribution is 9.10. The fourth-order valence-electron chi connectivity index (χ4n) is 3.50. The number of imide groups is 2. The highest BCUT2D eigenvalue weighted by Crippen LogP contribution is 2.27. The van der Waals surface area contributed by atoms with Crippen LogP contribution < -0.4 is 10.2 Å². The van der Waals surface area contributed by atoms with Gasteiger partial charge < -0.3 is 0 Å². The normalized spacial score (nSPS) is 14.9. The monoisotopic (exact) mass is 523 g/mol. The molecule has 3 aromatic carbocycles. The van der Waals surface area contributed by atoms with Crippen molar-refractivity contribution in [3.05, 3.63) is 109 Å². The fraction of sp³-hybridized carbons (Fsp3) is 0.0417.